The molecule has 1 aliphatic heterocycles. The Balaban J connectivity index is 2.27. The second kappa shape index (κ2) is 7.69. The van der Waals surface area contributed by atoms with Crippen LogP contribution >= 0.6 is 0 Å². The Kier molecular flexibility index (Phi) is 6.57. The van der Waals surface area contributed by atoms with E-state index >= 15 is 0 Å². The van der Waals surface area contributed by atoms with Crippen LogP contribution in [-0.4, -0.2) is 54.5 Å². The molecular formula is C12H20F3NO3. The third-order valence-corrected chi connectivity index (χ3v) is 3.15. The van der Waals surface area contributed by atoms with Crippen LogP contribution in [-0.2, 0) is 9.53 Å². The van der Waals surface area contributed by atoms with Crippen LogP contribution in [0.25, 0.3) is 0 Å². The van der Waals surface area contributed by atoms with Gasteiger partial charge in [0.1, 0.15) is 12.6 Å². The van der Waals surface area contributed by atoms with Gasteiger partial charge < -0.3 is 9.84 Å². The number of hydrogen-bond acceptors (Lipinski definition) is 3. The van der Waals surface area contributed by atoms with Gasteiger partial charge in [-0.2, -0.15) is 13.2 Å². The molecule has 0 aliphatic carbocycles. The topological polar surface area (TPSA) is 49.8 Å². The smallest absolute Gasteiger partial charge is 0.411 e. The summed E-state index contributed by atoms with van der Waals surface area (Å²) in [6.45, 7) is -0.0806. The van der Waals surface area contributed by atoms with Gasteiger partial charge in [0.2, 0.25) is 0 Å². The highest BCUT2D eigenvalue weighted by Crippen LogP contribution is 2.18. The lowest BCUT2D eigenvalue weighted by Crippen LogP contribution is -2.41. The lowest BCUT2D eigenvalue weighted by atomic mass is 10.1. The predicted octanol–water partition coefficient (Wildman–Crippen LogP) is 2.28. The van der Waals surface area contributed by atoms with Gasteiger partial charge >= 0.3 is 12.1 Å². The zero-order chi connectivity index (χ0) is 14.3. The van der Waals surface area contributed by atoms with Crippen LogP contribution in [0.3, 0.4) is 0 Å². The Hall–Kier alpha value is -0.820. The number of halogens is 3. The monoisotopic (exact) mass is 283 g/mol. The molecule has 0 aromatic carbocycles. The van der Waals surface area contributed by atoms with Crippen molar-refractivity contribution in [1.29, 1.82) is 0 Å². The number of rotatable bonds is 6. The third-order valence-electron chi connectivity index (χ3n) is 3.15. The molecule has 1 heterocycles. The minimum Gasteiger partial charge on any atom is -0.480 e. The standard InChI is InChI=1S/C12H20F3NO3/c13-12(14,15)9-19-8-4-7-16-6-3-1-2-5-10(16)11(17)18/h10H,1-9H2,(H,17,18). The Morgan fingerprint density at radius 1 is 1.32 bits per heavy atom. The maximum Gasteiger partial charge on any atom is 0.411 e. The van der Waals surface area contributed by atoms with E-state index in [0.29, 0.717) is 25.9 Å². The number of carboxylic acid groups (broad SMARTS) is 1. The molecule has 0 aromatic heterocycles. The van der Waals surface area contributed by atoms with E-state index in [-0.39, 0.29) is 6.61 Å². The molecule has 0 bridgehead atoms. The molecule has 1 unspecified atom stereocenters. The highest BCUT2D eigenvalue weighted by molar-refractivity contribution is 5.73. The first-order valence-electron chi connectivity index (χ1n) is 6.51. The number of nitrogens with zero attached hydrogens (tertiary/aromatic N) is 1. The van der Waals surface area contributed by atoms with Gasteiger partial charge in [0.15, 0.2) is 0 Å². The molecule has 112 valence electrons. The van der Waals surface area contributed by atoms with E-state index in [2.05, 4.69) is 4.74 Å². The number of ether oxygens (including phenoxy) is 1. The van der Waals surface area contributed by atoms with Crippen molar-refractivity contribution in [3.63, 3.8) is 0 Å². The van der Waals surface area contributed by atoms with Gasteiger partial charge in [-0.15, -0.1) is 0 Å². The number of alkyl halides is 3. The molecule has 1 fully saturated rings. The summed E-state index contributed by atoms with van der Waals surface area (Å²) < 4.78 is 40.1. The molecule has 4 nitrogen and oxygen atoms in total. The van der Waals surface area contributed by atoms with E-state index in [0.717, 1.165) is 19.3 Å². The number of likely N-dealkylation sites (tertiary alicyclic amines) is 1. The summed E-state index contributed by atoms with van der Waals surface area (Å²) in [5, 5.41) is 9.12. The number of carboxylic acids is 1. The Labute approximate surface area is 110 Å². The summed E-state index contributed by atoms with van der Waals surface area (Å²) in [4.78, 5) is 13.0. The van der Waals surface area contributed by atoms with E-state index in [9.17, 15) is 18.0 Å². The van der Waals surface area contributed by atoms with Gasteiger partial charge in [0, 0.05) is 13.2 Å². The number of carbonyl (C=O) groups is 1. The van der Waals surface area contributed by atoms with E-state index in [1.165, 1.54) is 0 Å². The molecule has 0 aromatic rings. The Bertz CT molecular complexity index is 284. The predicted molar refractivity (Wildman–Crippen MR) is 63.0 cm³/mol. The molecule has 19 heavy (non-hydrogen) atoms. The quantitative estimate of drug-likeness (QED) is 0.760. The van der Waals surface area contributed by atoms with Crippen LogP contribution in [0, 0.1) is 0 Å². The average molecular weight is 283 g/mol. The van der Waals surface area contributed by atoms with Gasteiger partial charge in [0.25, 0.3) is 0 Å². The lowest BCUT2D eigenvalue weighted by Gasteiger charge is -2.26. The Morgan fingerprint density at radius 3 is 2.68 bits per heavy atom. The third kappa shape index (κ3) is 6.77. The van der Waals surface area contributed by atoms with Crippen molar-refractivity contribution < 1.29 is 27.8 Å². The fraction of sp³-hybridized carbons (Fsp3) is 0.917. The molecule has 0 amide bonds. The van der Waals surface area contributed by atoms with Gasteiger partial charge in [-0.05, 0) is 25.8 Å². The lowest BCUT2D eigenvalue weighted by molar-refractivity contribution is -0.174. The van der Waals surface area contributed by atoms with Crippen molar-refractivity contribution in [2.45, 2.75) is 44.3 Å². The maximum absolute atomic E-state index is 11.8. The van der Waals surface area contributed by atoms with Crippen LogP contribution in [0.5, 0.6) is 0 Å². The molecule has 0 spiro atoms. The Morgan fingerprint density at radius 2 is 2.05 bits per heavy atom. The zero-order valence-corrected chi connectivity index (χ0v) is 10.8. The first kappa shape index (κ1) is 16.2. The summed E-state index contributed by atoms with van der Waals surface area (Å²) in [5.41, 5.74) is 0. The van der Waals surface area contributed by atoms with Gasteiger partial charge in [-0.3, -0.25) is 9.69 Å². The fourth-order valence-electron chi connectivity index (χ4n) is 2.27. The average Bonchev–Trinajstić information content (AvgIpc) is 2.52. The normalized spacial score (nSPS) is 22.2. The number of hydrogen-bond donors (Lipinski definition) is 1. The largest absolute Gasteiger partial charge is 0.480 e. The van der Waals surface area contributed by atoms with E-state index in [1.54, 1.807) is 0 Å². The second-order valence-electron chi connectivity index (χ2n) is 4.76. The van der Waals surface area contributed by atoms with Gasteiger partial charge in [-0.25, -0.2) is 0 Å². The summed E-state index contributed by atoms with van der Waals surface area (Å²) in [5.74, 6) is -0.849. The first-order chi connectivity index (χ1) is 8.90. The number of aliphatic carboxylic acids is 1. The molecule has 1 aliphatic rings. The zero-order valence-electron chi connectivity index (χ0n) is 10.8. The minimum absolute atomic E-state index is 0.00233. The summed E-state index contributed by atoms with van der Waals surface area (Å²) in [6, 6.07) is -0.509. The van der Waals surface area contributed by atoms with Crippen molar-refractivity contribution in [3.8, 4) is 0 Å². The molecule has 7 heteroatoms. The van der Waals surface area contributed by atoms with Crippen LogP contribution < -0.4 is 0 Å². The maximum atomic E-state index is 11.8. The molecule has 1 atom stereocenters. The van der Waals surface area contributed by atoms with Crippen LogP contribution in [0.4, 0.5) is 13.2 Å². The molecular weight excluding hydrogens is 263 g/mol. The van der Waals surface area contributed by atoms with Crippen molar-refractivity contribution in [3.05, 3.63) is 0 Å². The first-order valence-corrected chi connectivity index (χ1v) is 6.51. The minimum atomic E-state index is -4.30. The van der Waals surface area contributed by atoms with E-state index in [4.69, 9.17) is 5.11 Å². The highest BCUT2D eigenvalue weighted by Gasteiger charge is 2.28. The van der Waals surface area contributed by atoms with Crippen LogP contribution in [0.15, 0.2) is 0 Å². The van der Waals surface area contributed by atoms with Crippen molar-refractivity contribution in [2.24, 2.45) is 0 Å². The van der Waals surface area contributed by atoms with Crippen LogP contribution in [0.2, 0.25) is 0 Å². The fourth-order valence-corrected chi connectivity index (χ4v) is 2.27. The molecule has 1 N–H and O–H groups in total. The summed E-state index contributed by atoms with van der Waals surface area (Å²) >= 11 is 0. The van der Waals surface area contributed by atoms with E-state index in [1.807, 2.05) is 4.90 Å². The molecule has 0 radical (unpaired) electrons. The van der Waals surface area contributed by atoms with E-state index < -0.39 is 24.8 Å². The van der Waals surface area contributed by atoms with Crippen LogP contribution in [0.1, 0.15) is 32.1 Å². The summed E-state index contributed by atoms with van der Waals surface area (Å²) in [6.07, 6.45) is -0.444. The summed E-state index contributed by atoms with van der Waals surface area (Å²) in [7, 11) is 0. The van der Waals surface area contributed by atoms with Crippen molar-refractivity contribution >= 4 is 5.97 Å². The van der Waals surface area contributed by atoms with Crippen molar-refractivity contribution in [1.82, 2.24) is 4.90 Å². The van der Waals surface area contributed by atoms with Gasteiger partial charge in [-0.1, -0.05) is 12.8 Å². The van der Waals surface area contributed by atoms with Gasteiger partial charge in [0.05, 0.1) is 0 Å². The molecule has 1 saturated heterocycles. The highest BCUT2D eigenvalue weighted by atomic mass is 19.4. The molecule has 0 saturated carbocycles. The SMILES string of the molecule is O=C(O)C1CCCCCN1CCCOCC(F)(F)F. The second-order valence-corrected chi connectivity index (χ2v) is 4.76. The van der Waals surface area contributed by atoms with Crippen molar-refractivity contribution in [2.75, 3.05) is 26.3 Å². The molecule has 1 rings (SSSR count).